The molecule has 0 unspecified atom stereocenters. The number of nitrogens with one attached hydrogen (secondary N) is 1. The summed E-state index contributed by atoms with van der Waals surface area (Å²) in [5.41, 5.74) is 7.68. The number of aromatic nitrogens is 3. The number of hydrogen-bond donors (Lipinski definition) is 2. The number of rotatable bonds is 2. The van der Waals surface area contributed by atoms with Crippen molar-refractivity contribution in [3.05, 3.63) is 41.7 Å². The second-order valence-electron chi connectivity index (χ2n) is 3.76. The van der Waals surface area contributed by atoms with Crippen molar-refractivity contribution in [3.8, 4) is 0 Å². The van der Waals surface area contributed by atoms with Crippen molar-refractivity contribution < 1.29 is 0 Å². The van der Waals surface area contributed by atoms with Gasteiger partial charge in [-0.3, -0.25) is 5.10 Å². The summed E-state index contributed by atoms with van der Waals surface area (Å²) < 4.78 is 0. The first-order chi connectivity index (χ1) is 8.72. The summed E-state index contributed by atoms with van der Waals surface area (Å²) in [5, 5.41) is 9.38. The lowest BCUT2D eigenvalue weighted by molar-refractivity contribution is 1.12. The Morgan fingerprint density at radius 3 is 2.89 bits per heavy atom. The van der Waals surface area contributed by atoms with Crippen LogP contribution >= 0.6 is 23.4 Å². The Hall–Kier alpha value is -1.72. The molecule has 3 N–H and O–H groups in total. The molecule has 1 aromatic carbocycles. The number of hydrogen-bond acceptors (Lipinski definition) is 4. The van der Waals surface area contributed by atoms with E-state index < -0.39 is 0 Å². The maximum Gasteiger partial charge on any atom is 0.101 e. The molecule has 0 spiro atoms. The highest BCUT2D eigenvalue weighted by molar-refractivity contribution is 7.99. The molecular formula is C12H9ClN4S. The van der Waals surface area contributed by atoms with Gasteiger partial charge in [-0.05, 0) is 24.3 Å². The van der Waals surface area contributed by atoms with E-state index in [-0.39, 0.29) is 0 Å². The molecule has 3 aromatic rings. The Morgan fingerprint density at radius 1 is 1.22 bits per heavy atom. The van der Waals surface area contributed by atoms with Crippen molar-refractivity contribution in [2.45, 2.75) is 9.92 Å². The topological polar surface area (TPSA) is 67.6 Å². The summed E-state index contributed by atoms with van der Waals surface area (Å²) in [6.45, 7) is 0. The molecule has 0 saturated heterocycles. The Kier molecular flexibility index (Phi) is 2.85. The minimum atomic E-state index is 0.622. The van der Waals surface area contributed by atoms with Crippen LogP contribution in [0, 0.1) is 0 Å². The molecule has 0 bridgehead atoms. The van der Waals surface area contributed by atoms with E-state index >= 15 is 0 Å². The highest BCUT2D eigenvalue weighted by Crippen LogP contribution is 2.33. The molecular weight excluding hydrogens is 268 g/mol. The zero-order chi connectivity index (χ0) is 12.5. The normalized spacial score (nSPS) is 10.9. The zero-order valence-corrected chi connectivity index (χ0v) is 10.8. The van der Waals surface area contributed by atoms with Gasteiger partial charge < -0.3 is 5.73 Å². The zero-order valence-electron chi connectivity index (χ0n) is 9.22. The number of aromatic amines is 1. The summed E-state index contributed by atoms with van der Waals surface area (Å²) in [6.07, 6.45) is 3.37. The summed E-state index contributed by atoms with van der Waals surface area (Å²) in [6, 6.07) is 7.54. The Labute approximate surface area is 113 Å². The lowest BCUT2D eigenvalue weighted by Gasteiger charge is -2.05. The maximum atomic E-state index is 6.01. The number of fused-ring (bicyclic) bond motifs is 1. The molecule has 6 heteroatoms. The smallest absolute Gasteiger partial charge is 0.101 e. The minimum absolute atomic E-state index is 0.622. The average molecular weight is 277 g/mol. The molecule has 2 heterocycles. The lowest BCUT2D eigenvalue weighted by Crippen LogP contribution is -1.89. The molecule has 0 aliphatic carbocycles. The molecule has 0 saturated carbocycles. The van der Waals surface area contributed by atoms with Crippen LogP contribution in [-0.2, 0) is 0 Å². The fourth-order valence-electron chi connectivity index (χ4n) is 1.61. The van der Waals surface area contributed by atoms with Gasteiger partial charge in [0.15, 0.2) is 0 Å². The highest BCUT2D eigenvalue weighted by atomic mass is 35.5. The van der Waals surface area contributed by atoms with E-state index in [2.05, 4.69) is 15.2 Å². The third-order valence-corrected chi connectivity index (χ3v) is 3.73. The second-order valence-corrected chi connectivity index (χ2v) is 5.26. The van der Waals surface area contributed by atoms with E-state index in [9.17, 15) is 0 Å². The van der Waals surface area contributed by atoms with Crippen molar-refractivity contribution >= 4 is 40.0 Å². The Bertz CT molecular complexity index is 693. The van der Waals surface area contributed by atoms with Gasteiger partial charge in [-0.2, -0.15) is 5.10 Å². The van der Waals surface area contributed by atoms with Crippen LogP contribution in [0.4, 0.5) is 5.69 Å². The molecule has 90 valence electrons. The van der Waals surface area contributed by atoms with Gasteiger partial charge in [0.25, 0.3) is 0 Å². The van der Waals surface area contributed by atoms with Gasteiger partial charge >= 0.3 is 0 Å². The van der Waals surface area contributed by atoms with E-state index in [1.807, 2.05) is 24.3 Å². The predicted octanol–water partition coefficient (Wildman–Crippen LogP) is 3.34. The van der Waals surface area contributed by atoms with Crippen LogP contribution in [0.25, 0.3) is 10.9 Å². The Morgan fingerprint density at radius 2 is 2.11 bits per heavy atom. The van der Waals surface area contributed by atoms with Gasteiger partial charge in [-0.1, -0.05) is 23.4 Å². The van der Waals surface area contributed by atoms with Crippen molar-refractivity contribution in [2.75, 3.05) is 5.73 Å². The molecule has 0 aliphatic rings. The van der Waals surface area contributed by atoms with Gasteiger partial charge in [0.1, 0.15) is 5.03 Å². The number of nitrogens with two attached hydrogens (primary N) is 1. The molecule has 4 nitrogen and oxygen atoms in total. The maximum absolute atomic E-state index is 6.01. The van der Waals surface area contributed by atoms with Crippen molar-refractivity contribution in [2.24, 2.45) is 0 Å². The van der Waals surface area contributed by atoms with Crippen LogP contribution in [0.3, 0.4) is 0 Å². The van der Waals surface area contributed by atoms with E-state index in [0.717, 1.165) is 20.8 Å². The highest BCUT2D eigenvalue weighted by Gasteiger charge is 2.06. The van der Waals surface area contributed by atoms with Gasteiger partial charge in [-0.25, -0.2) is 4.98 Å². The molecule has 2 aromatic heterocycles. The SMILES string of the molecule is Nc1cc2cn[nH]c2cc1Sc1ccc(Cl)cn1. The van der Waals surface area contributed by atoms with Gasteiger partial charge in [-0.15, -0.1) is 0 Å². The quantitative estimate of drug-likeness (QED) is 0.705. The Balaban J connectivity index is 1.98. The fourth-order valence-corrected chi connectivity index (χ4v) is 2.54. The number of halogens is 1. The molecule has 0 atom stereocenters. The predicted molar refractivity (Wildman–Crippen MR) is 73.9 cm³/mol. The molecule has 0 radical (unpaired) electrons. The molecule has 18 heavy (non-hydrogen) atoms. The van der Waals surface area contributed by atoms with Crippen LogP contribution in [-0.4, -0.2) is 15.2 Å². The average Bonchev–Trinajstić information content (AvgIpc) is 2.79. The third kappa shape index (κ3) is 2.14. The summed E-state index contributed by atoms with van der Waals surface area (Å²) >= 11 is 7.30. The van der Waals surface area contributed by atoms with E-state index in [0.29, 0.717) is 10.7 Å². The first-order valence-electron chi connectivity index (χ1n) is 5.24. The molecule has 0 fully saturated rings. The van der Waals surface area contributed by atoms with Gasteiger partial charge in [0, 0.05) is 22.2 Å². The van der Waals surface area contributed by atoms with Crippen LogP contribution in [0.2, 0.25) is 5.02 Å². The molecule has 3 rings (SSSR count). The summed E-state index contributed by atoms with van der Waals surface area (Å²) in [7, 11) is 0. The first kappa shape index (κ1) is 11.4. The lowest BCUT2D eigenvalue weighted by atomic mass is 10.2. The number of nitrogen functional groups attached to an aromatic ring is 1. The fraction of sp³-hybridized carbons (Fsp3) is 0. The number of pyridine rings is 1. The standard InChI is InChI=1S/C12H9ClN4S/c13-8-1-2-12(15-6-8)18-11-4-10-7(3-9(11)14)5-16-17-10/h1-6H,14H2,(H,16,17). The monoisotopic (exact) mass is 276 g/mol. The summed E-state index contributed by atoms with van der Waals surface area (Å²) in [5.74, 6) is 0. The summed E-state index contributed by atoms with van der Waals surface area (Å²) in [4.78, 5) is 5.18. The number of H-pyrrole nitrogens is 1. The van der Waals surface area contributed by atoms with Crippen LogP contribution < -0.4 is 5.73 Å². The van der Waals surface area contributed by atoms with Gasteiger partial charge in [0.2, 0.25) is 0 Å². The van der Waals surface area contributed by atoms with Crippen LogP contribution in [0.1, 0.15) is 0 Å². The van der Waals surface area contributed by atoms with Crippen molar-refractivity contribution in [3.63, 3.8) is 0 Å². The van der Waals surface area contributed by atoms with Gasteiger partial charge in [0.05, 0.1) is 16.7 Å². The number of nitrogens with zero attached hydrogens (tertiary/aromatic N) is 2. The second kappa shape index (κ2) is 4.51. The third-order valence-electron chi connectivity index (χ3n) is 2.49. The van der Waals surface area contributed by atoms with E-state index in [1.54, 1.807) is 12.4 Å². The molecule has 0 aliphatic heterocycles. The van der Waals surface area contributed by atoms with Crippen LogP contribution in [0.5, 0.6) is 0 Å². The van der Waals surface area contributed by atoms with E-state index in [1.165, 1.54) is 11.8 Å². The number of anilines is 1. The number of benzene rings is 1. The largest absolute Gasteiger partial charge is 0.398 e. The molecule has 0 amide bonds. The van der Waals surface area contributed by atoms with Crippen molar-refractivity contribution in [1.29, 1.82) is 0 Å². The minimum Gasteiger partial charge on any atom is -0.398 e. The van der Waals surface area contributed by atoms with Crippen molar-refractivity contribution in [1.82, 2.24) is 15.2 Å². The first-order valence-corrected chi connectivity index (χ1v) is 6.44. The van der Waals surface area contributed by atoms with E-state index in [4.69, 9.17) is 17.3 Å². The van der Waals surface area contributed by atoms with Crippen LogP contribution in [0.15, 0.2) is 46.6 Å².